The van der Waals surface area contributed by atoms with Gasteiger partial charge >= 0.3 is 0 Å². The van der Waals surface area contributed by atoms with Crippen molar-refractivity contribution in [2.45, 2.75) is 27.7 Å². The van der Waals surface area contributed by atoms with Crippen LogP contribution in [-0.2, 0) is 0 Å². The molecule has 3 nitrogen and oxygen atoms in total. The number of allylic oxidation sites excluding steroid dienone is 3. The predicted octanol–water partition coefficient (Wildman–Crippen LogP) is 2.07. The van der Waals surface area contributed by atoms with Crippen LogP contribution in [0.25, 0.3) is 0 Å². The van der Waals surface area contributed by atoms with E-state index in [4.69, 9.17) is 5.73 Å². The lowest BCUT2D eigenvalue weighted by Crippen LogP contribution is -2.44. The summed E-state index contributed by atoms with van der Waals surface area (Å²) in [5.74, 6) is 0. The molecule has 1 saturated heterocycles. The molecule has 17 heavy (non-hydrogen) atoms. The summed E-state index contributed by atoms with van der Waals surface area (Å²) in [5, 5.41) is 0. The summed E-state index contributed by atoms with van der Waals surface area (Å²) in [5.41, 5.74) is 7.84. The molecule has 1 heterocycles. The molecule has 0 aliphatic carbocycles. The van der Waals surface area contributed by atoms with Crippen LogP contribution in [0.2, 0.25) is 0 Å². The van der Waals surface area contributed by atoms with E-state index in [0.717, 1.165) is 12.2 Å². The Labute approximate surface area is 107 Å². The maximum absolute atomic E-state index is 5.59. The quantitative estimate of drug-likeness (QED) is 0.765. The molecule has 100 valence electrons. The van der Waals surface area contributed by atoms with Gasteiger partial charge in [0, 0.05) is 38.4 Å². The largest absolute Gasteiger partial charge is 0.402 e. The van der Waals surface area contributed by atoms with E-state index < -0.39 is 0 Å². The number of rotatable bonds is 3. The third kappa shape index (κ3) is 8.00. The van der Waals surface area contributed by atoms with Crippen LogP contribution in [-0.4, -0.2) is 49.6 Å². The topological polar surface area (TPSA) is 32.5 Å². The Bertz CT molecular complexity index is 244. The predicted molar refractivity (Wildman–Crippen MR) is 77.0 cm³/mol. The van der Waals surface area contributed by atoms with Crippen molar-refractivity contribution in [1.29, 1.82) is 0 Å². The van der Waals surface area contributed by atoms with Crippen LogP contribution >= 0.6 is 0 Å². The Balaban J connectivity index is 0.00000121. The first-order chi connectivity index (χ1) is 8.08. The van der Waals surface area contributed by atoms with Gasteiger partial charge in [-0.05, 0) is 27.0 Å². The van der Waals surface area contributed by atoms with Crippen LogP contribution in [0.5, 0.6) is 0 Å². The maximum atomic E-state index is 5.59. The maximum Gasteiger partial charge on any atom is 0.0194 e. The Hall–Kier alpha value is -0.800. The van der Waals surface area contributed by atoms with Gasteiger partial charge in [0.25, 0.3) is 0 Å². The fourth-order valence-electron chi connectivity index (χ4n) is 1.69. The van der Waals surface area contributed by atoms with E-state index in [1.807, 2.05) is 26.8 Å². The second-order valence-electron chi connectivity index (χ2n) is 4.50. The highest BCUT2D eigenvalue weighted by atomic mass is 15.2. The Morgan fingerprint density at radius 2 is 1.59 bits per heavy atom. The number of likely N-dealkylation sites (N-methyl/N-ethyl adjacent to an activating group) is 1. The minimum absolute atomic E-state index is 0.868. The van der Waals surface area contributed by atoms with Crippen molar-refractivity contribution in [3.05, 3.63) is 23.4 Å². The molecule has 1 aliphatic rings. The van der Waals surface area contributed by atoms with Crippen molar-refractivity contribution < 1.29 is 0 Å². The zero-order valence-electron chi connectivity index (χ0n) is 12.2. The Morgan fingerprint density at radius 3 is 2.06 bits per heavy atom. The van der Waals surface area contributed by atoms with E-state index in [9.17, 15) is 0 Å². The second-order valence-corrected chi connectivity index (χ2v) is 4.50. The van der Waals surface area contributed by atoms with Gasteiger partial charge < -0.3 is 10.6 Å². The molecule has 0 aromatic rings. The van der Waals surface area contributed by atoms with E-state index in [-0.39, 0.29) is 0 Å². The number of piperazine rings is 1. The first-order valence-corrected chi connectivity index (χ1v) is 6.58. The molecule has 0 unspecified atom stereocenters. The van der Waals surface area contributed by atoms with Crippen LogP contribution in [0, 0.1) is 0 Å². The SMILES string of the molecule is C/C(N)=C\C=C(/C)CN1CCN(C)CC1.CC. The summed E-state index contributed by atoms with van der Waals surface area (Å²) in [4.78, 5) is 4.87. The zero-order valence-corrected chi connectivity index (χ0v) is 12.2. The molecule has 0 saturated carbocycles. The molecule has 0 aromatic heterocycles. The van der Waals surface area contributed by atoms with E-state index in [1.165, 1.54) is 31.8 Å². The first kappa shape index (κ1) is 16.2. The van der Waals surface area contributed by atoms with Gasteiger partial charge in [0.15, 0.2) is 0 Å². The molecule has 0 spiro atoms. The van der Waals surface area contributed by atoms with Crippen LogP contribution in [0.1, 0.15) is 27.7 Å². The van der Waals surface area contributed by atoms with Gasteiger partial charge in [-0.25, -0.2) is 0 Å². The fraction of sp³-hybridized carbons (Fsp3) is 0.714. The molecule has 0 amide bonds. The third-order valence-corrected chi connectivity index (χ3v) is 2.70. The fourth-order valence-corrected chi connectivity index (χ4v) is 1.69. The molecule has 0 atom stereocenters. The minimum atomic E-state index is 0.868. The zero-order chi connectivity index (χ0) is 13.3. The van der Waals surface area contributed by atoms with Crippen molar-refractivity contribution in [3.63, 3.8) is 0 Å². The highest BCUT2D eigenvalue weighted by molar-refractivity contribution is 5.14. The van der Waals surface area contributed by atoms with Gasteiger partial charge in [0.05, 0.1) is 0 Å². The van der Waals surface area contributed by atoms with Crippen LogP contribution in [0.3, 0.4) is 0 Å². The molecule has 3 heteroatoms. The number of nitrogens with zero attached hydrogens (tertiary/aromatic N) is 2. The van der Waals surface area contributed by atoms with E-state index >= 15 is 0 Å². The van der Waals surface area contributed by atoms with Crippen molar-refractivity contribution in [3.8, 4) is 0 Å². The summed E-state index contributed by atoms with van der Waals surface area (Å²) >= 11 is 0. The van der Waals surface area contributed by atoms with E-state index in [0.29, 0.717) is 0 Å². The van der Waals surface area contributed by atoms with Gasteiger partial charge in [0.2, 0.25) is 0 Å². The molecular formula is C14H29N3. The van der Waals surface area contributed by atoms with Gasteiger partial charge in [-0.15, -0.1) is 0 Å². The standard InChI is InChI=1S/C12H23N3.C2H6/c1-11(4-5-12(2)13)10-15-8-6-14(3)7-9-15;1-2/h4-5H,6-10,13H2,1-3H3;1-2H3/b11-4+,12-5+;. The summed E-state index contributed by atoms with van der Waals surface area (Å²) in [6, 6.07) is 0. The summed E-state index contributed by atoms with van der Waals surface area (Å²) < 4.78 is 0. The molecule has 0 bridgehead atoms. The lowest BCUT2D eigenvalue weighted by Gasteiger charge is -2.32. The van der Waals surface area contributed by atoms with Crippen LogP contribution in [0.4, 0.5) is 0 Å². The lowest BCUT2D eigenvalue weighted by atomic mass is 10.2. The molecule has 1 fully saturated rings. The molecular weight excluding hydrogens is 210 g/mol. The van der Waals surface area contributed by atoms with Crippen molar-refractivity contribution in [2.24, 2.45) is 5.73 Å². The Morgan fingerprint density at radius 1 is 1.06 bits per heavy atom. The van der Waals surface area contributed by atoms with Gasteiger partial charge in [-0.2, -0.15) is 0 Å². The van der Waals surface area contributed by atoms with Crippen molar-refractivity contribution in [1.82, 2.24) is 9.80 Å². The number of nitrogens with two attached hydrogens (primary N) is 1. The van der Waals surface area contributed by atoms with E-state index in [1.54, 1.807) is 0 Å². The molecule has 0 radical (unpaired) electrons. The molecule has 1 aliphatic heterocycles. The number of hydrogen-bond donors (Lipinski definition) is 1. The summed E-state index contributed by atoms with van der Waals surface area (Å²) in [7, 11) is 2.18. The second kappa shape index (κ2) is 9.25. The minimum Gasteiger partial charge on any atom is -0.402 e. The van der Waals surface area contributed by atoms with Gasteiger partial charge in [0.1, 0.15) is 0 Å². The normalized spacial score (nSPS) is 19.8. The molecule has 0 aromatic carbocycles. The average Bonchev–Trinajstić information content (AvgIpc) is 2.32. The van der Waals surface area contributed by atoms with Crippen LogP contribution < -0.4 is 5.73 Å². The third-order valence-electron chi connectivity index (χ3n) is 2.70. The van der Waals surface area contributed by atoms with E-state index in [2.05, 4.69) is 29.8 Å². The first-order valence-electron chi connectivity index (χ1n) is 6.58. The Kier molecular flexibility index (Phi) is 8.82. The van der Waals surface area contributed by atoms with Crippen molar-refractivity contribution in [2.75, 3.05) is 39.8 Å². The smallest absolute Gasteiger partial charge is 0.0194 e. The summed E-state index contributed by atoms with van der Waals surface area (Å²) in [6.45, 7) is 13.9. The number of hydrogen-bond acceptors (Lipinski definition) is 3. The molecule has 2 N–H and O–H groups in total. The molecule has 1 rings (SSSR count). The monoisotopic (exact) mass is 239 g/mol. The lowest BCUT2D eigenvalue weighted by molar-refractivity contribution is 0.164. The van der Waals surface area contributed by atoms with Crippen molar-refractivity contribution >= 4 is 0 Å². The highest BCUT2D eigenvalue weighted by Gasteiger charge is 2.12. The average molecular weight is 239 g/mol. The summed E-state index contributed by atoms with van der Waals surface area (Å²) in [6.07, 6.45) is 4.10. The van der Waals surface area contributed by atoms with Gasteiger partial charge in [-0.3, -0.25) is 4.90 Å². The van der Waals surface area contributed by atoms with Gasteiger partial charge in [-0.1, -0.05) is 25.5 Å². The highest BCUT2D eigenvalue weighted by Crippen LogP contribution is 2.03. The van der Waals surface area contributed by atoms with Crippen LogP contribution in [0.15, 0.2) is 23.4 Å².